The van der Waals surface area contributed by atoms with E-state index in [2.05, 4.69) is 4.98 Å². The number of benzene rings is 2. The number of ether oxygens (including phenoxy) is 3. The van der Waals surface area contributed by atoms with Crippen molar-refractivity contribution in [2.45, 2.75) is 19.5 Å². The maximum atomic E-state index is 13.0. The van der Waals surface area contributed by atoms with Crippen LogP contribution in [0.25, 0.3) is 10.9 Å². The van der Waals surface area contributed by atoms with Crippen molar-refractivity contribution >= 4 is 29.0 Å². The van der Waals surface area contributed by atoms with Gasteiger partial charge in [-0.1, -0.05) is 6.07 Å². The molecule has 2 heterocycles. The highest BCUT2D eigenvalue weighted by atomic mass is 32.1. The molecule has 3 aromatic rings. The zero-order valence-corrected chi connectivity index (χ0v) is 18.9. The molecule has 0 aliphatic carbocycles. The van der Waals surface area contributed by atoms with Crippen LogP contribution in [0.4, 0.5) is 0 Å². The van der Waals surface area contributed by atoms with Crippen molar-refractivity contribution in [2.75, 3.05) is 34.0 Å². The molecule has 0 spiro atoms. The van der Waals surface area contributed by atoms with E-state index in [0.717, 1.165) is 5.56 Å². The van der Waals surface area contributed by atoms with E-state index >= 15 is 0 Å². The molecule has 4 rings (SSSR count). The first-order valence-electron chi connectivity index (χ1n) is 10.4. The Morgan fingerprint density at radius 2 is 1.97 bits per heavy atom. The highest BCUT2D eigenvalue weighted by Crippen LogP contribution is 2.31. The topological polar surface area (TPSA) is 85.8 Å². The first-order valence-corrected chi connectivity index (χ1v) is 10.8. The Morgan fingerprint density at radius 1 is 1.19 bits per heavy atom. The van der Waals surface area contributed by atoms with Crippen LogP contribution in [-0.2, 0) is 17.8 Å². The minimum Gasteiger partial charge on any atom is -0.486 e. The number of hydrogen-bond acceptors (Lipinski definition) is 6. The second-order valence-electron chi connectivity index (χ2n) is 7.63. The van der Waals surface area contributed by atoms with Crippen LogP contribution in [-0.4, -0.2) is 54.3 Å². The molecular formula is C23H25N3O5S. The lowest BCUT2D eigenvalue weighted by molar-refractivity contribution is 0.0785. The molecule has 0 atom stereocenters. The van der Waals surface area contributed by atoms with E-state index in [0.29, 0.717) is 72.1 Å². The quantitative estimate of drug-likeness (QED) is 0.435. The molecule has 0 fully saturated rings. The molecule has 0 radical (unpaired) electrons. The van der Waals surface area contributed by atoms with Gasteiger partial charge in [0.1, 0.15) is 13.2 Å². The second-order valence-corrected chi connectivity index (χ2v) is 8.02. The predicted molar refractivity (Wildman–Crippen MR) is 123 cm³/mol. The van der Waals surface area contributed by atoms with Gasteiger partial charge in [0.25, 0.3) is 11.5 Å². The van der Waals surface area contributed by atoms with Crippen molar-refractivity contribution in [2.24, 2.45) is 0 Å². The predicted octanol–water partition coefficient (Wildman–Crippen LogP) is 3.14. The number of amides is 1. The van der Waals surface area contributed by atoms with Crippen molar-refractivity contribution in [3.05, 3.63) is 62.6 Å². The maximum absolute atomic E-state index is 13.0. The number of fused-ring (bicyclic) bond motifs is 2. The molecule has 2 aromatic carbocycles. The van der Waals surface area contributed by atoms with Crippen LogP contribution >= 0.6 is 12.2 Å². The van der Waals surface area contributed by atoms with Gasteiger partial charge < -0.3 is 24.1 Å². The summed E-state index contributed by atoms with van der Waals surface area (Å²) in [5.41, 5.74) is 1.77. The standard InChI is InChI=1S/C23H25N3O5S/c1-25(14-15-4-7-19-20(12-15)31-11-10-30-19)21(27)16-5-6-17-18(13-16)24-23(32)26(22(17)28)8-3-9-29-2/h4-7,12-13H,3,8-11,14H2,1-2H3,(H,24,32). The summed E-state index contributed by atoms with van der Waals surface area (Å²) >= 11 is 5.36. The minimum atomic E-state index is -0.177. The van der Waals surface area contributed by atoms with Gasteiger partial charge in [-0.3, -0.25) is 14.2 Å². The number of nitrogens with one attached hydrogen (secondary N) is 1. The lowest BCUT2D eigenvalue weighted by Gasteiger charge is -2.21. The van der Waals surface area contributed by atoms with Gasteiger partial charge in [-0.25, -0.2) is 0 Å². The third kappa shape index (κ3) is 4.53. The monoisotopic (exact) mass is 455 g/mol. The lowest BCUT2D eigenvalue weighted by Crippen LogP contribution is -2.27. The van der Waals surface area contributed by atoms with Crippen LogP contribution < -0.4 is 15.0 Å². The maximum Gasteiger partial charge on any atom is 0.262 e. The van der Waals surface area contributed by atoms with Gasteiger partial charge in [0.2, 0.25) is 0 Å². The highest BCUT2D eigenvalue weighted by molar-refractivity contribution is 7.71. The largest absolute Gasteiger partial charge is 0.486 e. The van der Waals surface area contributed by atoms with Crippen molar-refractivity contribution < 1.29 is 19.0 Å². The van der Waals surface area contributed by atoms with Crippen LogP contribution in [0, 0.1) is 4.77 Å². The minimum absolute atomic E-state index is 0.162. The van der Waals surface area contributed by atoms with Crippen molar-refractivity contribution in [3.63, 3.8) is 0 Å². The summed E-state index contributed by atoms with van der Waals surface area (Å²) < 4.78 is 18.1. The molecule has 1 N–H and O–H groups in total. The summed E-state index contributed by atoms with van der Waals surface area (Å²) in [6.07, 6.45) is 0.681. The van der Waals surface area contributed by atoms with Gasteiger partial charge in [-0.05, 0) is 54.5 Å². The molecule has 0 saturated carbocycles. The summed E-state index contributed by atoms with van der Waals surface area (Å²) in [5, 5.41) is 0.488. The average Bonchev–Trinajstić information content (AvgIpc) is 2.80. The number of carbonyl (C=O) groups excluding carboxylic acids is 1. The molecule has 168 valence electrons. The van der Waals surface area contributed by atoms with Crippen molar-refractivity contribution in [1.29, 1.82) is 0 Å². The Hall–Kier alpha value is -3.17. The van der Waals surface area contributed by atoms with Gasteiger partial charge in [-0.2, -0.15) is 0 Å². The smallest absolute Gasteiger partial charge is 0.262 e. The van der Waals surface area contributed by atoms with Gasteiger partial charge in [0.05, 0.1) is 10.9 Å². The van der Waals surface area contributed by atoms with Crippen LogP contribution in [0.5, 0.6) is 11.5 Å². The van der Waals surface area contributed by atoms with Gasteiger partial charge in [-0.15, -0.1) is 0 Å². The van der Waals surface area contributed by atoms with Crippen LogP contribution in [0.3, 0.4) is 0 Å². The number of H-pyrrole nitrogens is 1. The third-order valence-corrected chi connectivity index (χ3v) is 5.65. The Kier molecular flexibility index (Phi) is 6.57. The van der Waals surface area contributed by atoms with Crippen LogP contribution in [0.15, 0.2) is 41.2 Å². The molecule has 1 amide bonds. The Balaban J connectivity index is 1.55. The Morgan fingerprint density at radius 3 is 2.75 bits per heavy atom. The van der Waals surface area contributed by atoms with Gasteiger partial charge >= 0.3 is 0 Å². The van der Waals surface area contributed by atoms with Gasteiger partial charge in [0, 0.05) is 39.4 Å². The average molecular weight is 456 g/mol. The van der Waals surface area contributed by atoms with Crippen molar-refractivity contribution in [1.82, 2.24) is 14.5 Å². The Bertz CT molecular complexity index is 1270. The Labute approximate surface area is 190 Å². The summed E-state index contributed by atoms with van der Waals surface area (Å²) in [6.45, 7) is 2.47. The van der Waals surface area contributed by atoms with E-state index < -0.39 is 0 Å². The molecule has 0 saturated heterocycles. The van der Waals surface area contributed by atoms with E-state index in [1.54, 1.807) is 37.3 Å². The first-order chi connectivity index (χ1) is 15.5. The number of aromatic amines is 1. The van der Waals surface area contributed by atoms with E-state index in [4.69, 9.17) is 26.4 Å². The zero-order chi connectivity index (χ0) is 22.7. The molecule has 8 nitrogen and oxygen atoms in total. The lowest BCUT2D eigenvalue weighted by atomic mass is 10.1. The van der Waals surface area contributed by atoms with Gasteiger partial charge in [0.15, 0.2) is 16.3 Å². The normalized spacial score (nSPS) is 12.7. The fourth-order valence-corrected chi connectivity index (χ4v) is 3.99. The summed E-state index contributed by atoms with van der Waals surface area (Å²) in [7, 11) is 3.35. The molecule has 1 aromatic heterocycles. The van der Waals surface area contributed by atoms with Crippen LogP contribution in [0.1, 0.15) is 22.3 Å². The molecule has 32 heavy (non-hydrogen) atoms. The van der Waals surface area contributed by atoms with E-state index in [1.807, 2.05) is 18.2 Å². The molecule has 1 aliphatic heterocycles. The first kappa shape index (κ1) is 22.0. The van der Waals surface area contributed by atoms with Crippen molar-refractivity contribution in [3.8, 4) is 11.5 Å². The summed E-state index contributed by atoms with van der Waals surface area (Å²) in [4.78, 5) is 30.6. The number of methoxy groups -OCH3 is 1. The van der Waals surface area contributed by atoms with E-state index in [9.17, 15) is 9.59 Å². The molecular weight excluding hydrogens is 430 g/mol. The molecule has 1 aliphatic rings. The zero-order valence-electron chi connectivity index (χ0n) is 18.1. The molecule has 9 heteroatoms. The fraction of sp³-hybridized carbons (Fsp3) is 0.348. The second kappa shape index (κ2) is 9.54. The summed E-state index contributed by atoms with van der Waals surface area (Å²) in [5.74, 6) is 1.24. The third-order valence-electron chi connectivity index (χ3n) is 5.33. The summed E-state index contributed by atoms with van der Waals surface area (Å²) in [6, 6.07) is 10.7. The highest BCUT2D eigenvalue weighted by Gasteiger charge is 2.17. The van der Waals surface area contributed by atoms with Crippen LogP contribution in [0.2, 0.25) is 0 Å². The number of carbonyl (C=O) groups is 1. The van der Waals surface area contributed by atoms with E-state index in [1.165, 1.54) is 4.57 Å². The number of hydrogen-bond donors (Lipinski definition) is 1. The molecule has 0 bridgehead atoms. The number of aromatic nitrogens is 2. The number of rotatable bonds is 7. The molecule has 0 unspecified atom stereocenters. The SMILES string of the molecule is COCCCn1c(=S)[nH]c2cc(C(=O)N(C)Cc3ccc4c(c3)OCCO4)ccc2c1=O. The number of nitrogens with zero attached hydrogens (tertiary/aromatic N) is 2. The fourth-order valence-electron chi connectivity index (χ4n) is 3.71. The van der Waals surface area contributed by atoms with E-state index in [-0.39, 0.29) is 11.5 Å².